The van der Waals surface area contributed by atoms with Crippen molar-refractivity contribution in [3.05, 3.63) is 35.4 Å². The fourth-order valence-electron chi connectivity index (χ4n) is 1.91. The van der Waals surface area contributed by atoms with Crippen LogP contribution in [0.2, 0.25) is 5.02 Å². The number of methoxy groups -OCH3 is 1. The number of ether oxygens (including phenoxy) is 3. The third-order valence-electron chi connectivity index (χ3n) is 2.91. The van der Waals surface area contributed by atoms with Gasteiger partial charge in [0.2, 0.25) is 0 Å². The second-order valence-electron chi connectivity index (χ2n) is 5.16. The first kappa shape index (κ1) is 18.8. The van der Waals surface area contributed by atoms with Crippen molar-refractivity contribution in [2.75, 3.05) is 26.9 Å². The fourth-order valence-corrected chi connectivity index (χ4v) is 2.19. The monoisotopic (exact) mass is 327 g/mol. The van der Waals surface area contributed by atoms with E-state index >= 15 is 0 Å². The zero-order valence-corrected chi connectivity index (χ0v) is 14.4. The Bertz CT molecular complexity index is 463. The number of benzene rings is 1. The van der Waals surface area contributed by atoms with E-state index in [0.717, 1.165) is 31.7 Å². The van der Waals surface area contributed by atoms with Gasteiger partial charge in [0.15, 0.2) is 11.5 Å². The second kappa shape index (κ2) is 10.5. The van der Waals surface area contributed by atoms with Crippen molar-refractivity contribution in [3.8, 4) is 11.5 Å². The van der Waals surface area contributed by atoms with Crippen LogP contribution >= 0.6 is 11.6 Å². The molecule has 0 saturated heterocycles. The van der Waals surface area contributed by atoms with E-state index in [1.54, 1.807) is 13.2 Å². The molecule has 0 heterocycles. The Labute approximate surface area is 138 Å². The van der Waals surface area contributed by atoms with Gasteiger partial charge in [0.25, 0.3) is 0 Å². The Morgan fingerprint density at radius 1 is 1.36 bits per heavy atom. The molecule has 0 aliphatic carbocycles. The van der Waals surface area contributed by atoms with Crippen molar-refractivity contribution in [1.29, 1.82) is 0 Å². The fraction of sp³-hybridized carbons (Fsp3) is 0.529. The van der Waals surface area contributed by atoms with Crippen molar-refractivity contribution in [1.82, 2.24) is 5.32 Å². The van der Waals surface area contributed by atoms with Gasteiger partial charge in [-0.2, -0.15) is 0 Å². The third kappa shape index (κ3) is 6.69. The summed E-state index contributed by atoms with van der Waals surface area (Å²) in [6.07, 6.45) is 2.93. The molecule has 0 radical (unpaired) electrons. The van der Waals surface area contributed by atoms with E-state index in [4.69, 9.17) is 25.8 Å². The number of hydrogen-bond acceptors (Lipinski definition) is 4. The van der Waals surface area contributed by atoms with Crippen LogP contribution < -0.4 is 14.8 Å². The molecule has 0 atom stereocenters. The second-order valence-corrected chi connectivity index (χ2v) is 5.57. The lowest BCUT2D eigenvalue weighted by molar-refractivity contribution is 0.0770. The summed E-state index contributed by atoms with van der Waals surface area (Å²) in [6, 6.07) is 3.82. The molecule has 0 aliphatic heterocycles. The minimum absolute atomic E-state index is 0.283. The van der Waals surface area contributed by atoms with Crippen LogP contribution in [0.15, 0.2) is 24.8 Å². The molecule has 1 N–H and O–H groups in total. The molecule has 0 aliphatic rings. The Hall–Kier alpha value is -1.23. The van der Waals surface area contributed by atoms with Gasteiger partial charge in [-0.25, -0.2) is 0 Å². The Balaban J connectivity index is 2.50. The van der Waals surface area contributed by atoms with E-state index in [9.17, 15) is 0 Å². The van der Waals surface area contributed by atoms with Crippen LogP contribution in [-0.2, 0) is 11.3 Å². The predicted molar refractivity (Wildman–Crippen MR) is 91.1 cm³/mol. The average Bonchev–Trinajstić information content (AvgIpc) is 2.48. The lowest BCUT2D eigenvalue weighted by atomic mass is 10.2. The van der Waals surface area contributed by atoms with Crippen molar-refractivity contribution in [2.24, 2.45) is 0 Å². The molecule has 1 aromatic carbocycles. The molecule has 0 amide bonds. The summed E-state index contributed by atoms with van der Waals surface area (Å²) in [5.74, 6) is 1.19. The van der Waals surface area contributed by atoms with Crippen LogP contribution in [0.4, 0.5) is 0 Å². The Morgan fingerprint density at radius 3 is 2.77 bits per heavy atom. The zero-order chi connectivity index (χ0) is 16.4. The summed E-state index contributed by atoms with van der Waals surface area (Å²) in [6.45, 7) is 10.5. The summed E-state index contributed by atoms with van der Waals surface area (Å²) >= 11 is 6.26. The zero-order valence-electron chi connectivity index (χ0n) is 13.7. The maximum absolute atomic E-state index is 6.26. The van der Waals surface area contributed by atoms with Crippen molar-refractivity contribution < 1.29 is 14.2 Å². The first-order valence-electron chi connectivity index (χ1n) is 7.51. The highest BCUT2D eigenvalue weighted by Gasteiger charge is 2.11. The summed E-state index contributed by atoms with van der Waals surface area (Å²) in [5.41, 5.74) is 1.05. The maximum atomic E-state index is 6.26. The van der Waals surface area contributed by atoms with Crippen LogP contribution in [0, 0.1) is 0 Å². The van der Waals surface area contributed by atoms with Crippen LogP contribution in [0.1, 0.15) is 25.8 Å². The third-order valence-corrected chi connectivity index (χ3v) is 3.19. The molecule has 22 heavy (non-hydrogen) atoms. The minimum atomic E-state index is 0.283. The largest absolute Gasteiger partial charge is 0.493 e. The lowest BCUT2D eigenvalue weighted by Crippen LogP contribution is -2.17. The maximum Gasteiger partial charge on any atom is 0.180 e. The number of nitrogens with one attached hydrogen (secondary N) is 1. The molecule has 5 heteroatoms. The SMILES string of the molecule is C=CCOc1c(Cl)cc(CNCCCOC(C)C)cc1OC. The number of hydrogen-bond donors (Lipinski definition) is 1. The molecule has 124 valence electrons. The van der Waals surface area contributed by atoms with E-state index in [0.29, 0.717) is 23.1 Å². The van der Waals surface area contributed by atoms with E-state index in [2.05, 4.69) is 11.9 Å². The van der Waals surface area contributed by atoms with Crippen LogP contribution in [0.5, 0.6) is 11.5 Å². The predicted octanol–water partition coefficient (Wildman–Crippen LogP) is 3.82. The smallest absolute Gasteiger partial charge is 0.180 e. The molecular weight excluding hydrogens is 302 g/mol. The molecule has 0 fully saturated rings. The Morgan fingerprint density at radius 2 is 2.14 bits per heavy atom. The van der Waals surface area contributed by atoms with Gasteiger partial charge >= 0.3 is 0 Å². The normalized spacial score (nSPS) is 10.8. The average molecular weight is 328 g/mol. The van der Waals surface area contributed by atoms with Gasteiger partial charge < -0.3 is 19.5 Å². The number of rotatable bonds is 11. The standard InChI is InChI=1S/C17H26ClNO3/c1-5-8-22-17-15(18)10-14(11-16(17)20-4)12-19-7-6-9-21-13(2)3/h5,10-11,13,19H,1,6-9,12H2,2-4H3. The molecular formula is C17H26ClNO3. The number of halogens is 1. The van der Waals surface area contributed by atoms with Gasteiger partial charge in [-0.3, -0.25) is 0 Å². The summed E-state index contributed by atoms with van der Waals surface area (Å²) < 4.78 is 16.4. The molecule has 0 aromatic heterocycles. The van der Waals surface area contributed by atoms with Crippen LogP contribution in [-0.4, -0.2) is 33.0 Å². The van der Waals surface area contributed by atoms with E-state index < -0.39 is 0 Å². The van der Waals surface area contributed by atoms with E-state index in [1.807, 2.05) is 26.0 Å². The molecule has 0 spiro atoms. The molecule has 0 saturated carbocycles. The quantitative estimate of drug-likeness (QED) is 0.495. The highest BCUT2D eigenvalue weighted by Crippen LogP contribution is 2.36. The molecule has 1 rings (SSSR count). The van der Waals surface area contributed by atoms with Gasteiger partial charge in [0, 0.05) is 13.2 Å². The van der Waals surface area contributed by atoms with Gasteiger partial charge in [-0.1, -0.05) is 24.3 Å². The van der Waals surface area contributed by atoms with Crippen LogP contribution in [0.3, 0.4) is 0 Å². The van der Waals surface area contributed by atoms with Gasteiger partial charge in [-0.05, 0) is 44.5 Å². The molecule has 4 nitrogen and oxygen atoms in total. The molecule has 1 aromatic rings. The highest BCUT2D eigenvalue weighted by atomic mass is 35.5. The first-order valence-corrected chi connectivity index (χ1v) is 7.88. The highest BCUT2D eigenvalue weighted by molar-refractivity contribution is 6.32. The van der Waals surface area contributed by atoms with Crippen LogP contribution in [0.25, 0.3) is 0 Å². The van der Waals surface area contributed by atoms with E-state index in [1.165, 1.54) is 0 Å². The van der Waals surface area contributed by atoms with Gasteiger partial charge in [-0.15, -0.1) is 0 Å². The summed E-state index contributed by atoms with van der Waals surface area (Å²) in [4.78, 5) is 0. The Kier molecular flexibility index (Phi) is 8.97. The minimum Gasteiger partial charge on any atom is -0.493 e. The van der Waals surface area contributed by atoms with Gasteiger partial charge in [0.1, 0.15) is 6.61 Å². The van der Waals surface area contributed by atoms with Crippen molar-refractivity contribution >= 4 is 11.6 Å². The summed E-state index contributed by atoms with van der Waals surface area (Å²) in [5, 5.41) is 3.91. The molecule has 0 unspecified atom stereocenters. The lowest BCUT2D eigenvalue weighted by Gasteiger charge is -2.14. The molecule has 0 bridgehead atoms. The topological polar surface area (TPSA) is 39.7 Å². The first-order chi connectivity index (χ1) is 10.6. The van der Waals surface area contributed by atoms with Crippen molar-refractivity contribution in [3.63, 3.8) is 0 Å². The summed E-state index contributed by atoms with van der Waals surface area (Å²) in [7, 11) is 1.60. The van der Waals surface area contributed by atoms with E-state index in [-0.39, 0.29) is 6.10 Å². The van der Waals surface area contributed by atoms with Crippen molar-refractivity contribution in [2.45, 2.75) is 32.9 Å². The van der Waals surface area contributed by atoms with Gasteiger partial charge in [0.05, 0.1) is 18.2 Å².